The topological polar surface area (TPSA) is 52.1 Å². The van der Waals surface area contributed by atoms with Gasteiger partial charge in [-0.2, -0.15) is 0 Å². The molecule has 0 radical (unpaired) electrons. The molecule has 0 amide bonds. The molecule has 5 heteroatoms. The lowest BCUT2D eigenvalue weighted by Gasteiger charge is -2.21. The van der Waals surface area contributed by atoms with Crippen LogP contribution in [0.25, 0.3) is 0 Å². The fourth-order valence-corrected chi connectivity index (χ4v) is 1.74. The van der Waals surface area contributed by atoms with E-state index < -0.39 is 0 Å². The summed E-state index contributed by atoms with van der Waals surface area (Å²) in [5, 5.41) is 3.82. The van der Waals surface area contributed by atoms with E-state index in [1.807, 2.05) is 13.8 Å². The zero-order chi connectivity index (χ0) is 11.5. The van der Waals surface area contributed by atoms with Gasteiger partial charge >= 0.3 is 0 Å². The normalized spacial score (nSPS) is 11.7. The molecule has 1 heterocycles. The number of rotatable bonds is 5. The van der Waals surface area contributed by atoms with Crippen LogP contribution in [0, 0.1) is 6.92 Å². The Balaban J connectivity index is 2.55. The quantitative estimate of drug-likeness (QED) is 0.725. The number of hydrogen-bond donors (Lipinski definition) is 0. The Morgan fingerprint density at radius 3 is 2.67 bits per heavy atom. The highest BCUT2D eigenvalue weighted by atomic mass is 32.1. The molecule has 0 aromatic carbocycles. The Bertz CT molecular complexity index is 347. The second kappa shape index (κ2) is 4.81. The first-order valence-corrected chi connectivity index (χ1v) is 5.61. The molecule has 0 unspecified atom stereocenters. The molecule has 15 heavy (non-hydrogen) atoms. The molecule has 0 bridgehead atoms. The summed E-state index contributed by atoms with van der Waals surface area (Å²) in [6.07, 6.45) is 1.19. The molecule has 1 rings (SSSR count). The van der Waals surface area contributed by atoms with Crippen LogP contribution in [0.15, 0.2) is 0 Å². The minimum absolute atomic E-state index is 0.104. The smallest absolute Gasteiger partial charge is 0.176 e. The first-order chi connectivity index (χ1) is 6.96. The van der Waals surface area contributed by atoms with Gasteiger partial charge in [-0.25, -0.2) is 0 Å². The van der Waals surface area contributed by atoms with Gasteiger partial charge < -0.3 is 4.74 Å². The van der Waals surface area contributed by atoms with Crippen LogP contribution in [0.2, 0.25) is 0 Å². The van der Waals surface area contributed by atoms with Gasteiger partial charge in [-0.15, -0.1) is 5.10 Å². The largest absolute Gasteiger partial charge is 0.379 e. The number of methoxy groups -OCH3 is 1. The van der Waals surface area contributed by atoms with Crippen molar-refractivity contribution in [2.45, 2.75) is 39.2 Å². The van der Waals surface area contributed by atoms with Gasteiger partial charge in [0.1, 0.15) is 4.88 Å². The number of ketones is 1. The molecule has 0 spiro atoms. The van der Waals surface area contributed by atoms with E-state index in [1.165, 1.54) is 0 Å². The summed E-state index contributed by atoms with van der Waals surface area (Å²) in [4.78, 5) is 12.4. The molecule has 0 saturated heterocycles. The van der Waals surface area contributed by atoms with Crippen LogP contribution in [-0.4, -0.2) is 28.1 Å². The van der Waals surface area contributed by atoms with Crippen LogP contribution in [0.4, 0.5) is 0 Å². The summed E-state index contributed by atoms with van der Waals surface area (Å²) >= 11 is 1.16. The van der Waals surface area contributed by atoms with E-state index in [-0.39, 0.29) is 11.4 Å². The van der Waals surface area contributed by atoms with E-state index in [0.29, 0.717) is 17.7 Å². The molecule has 0 aliphatic carbocycles. The van der Waals surface area contributed by atoms with Crippen LogP contribution in [0.5, 0.6) is 0 Å². The number of hydrogen-bond acceptors (Lipinski definition) is 5. The molecule has 84 valence electrons. The summed E-state index contributed by atoms with van der Waals surface area (Å²) in [6, 6.07) is 0. The van der Waals surface area contributed by atoms with Crippen molar-refractivity contribution in [1.29, 1.82) is 0 Å². The maximum absolute atomic E-state index is 11.8. The average molecular weight is 228 g/mol. The predicted octanol–water partition coefficient (Wildman–Crippen LogP) is 2.23. The molecule has 0 N–H and O–H groups in total. The summed E-state index contributed by atoms with van der Waals surface area (Å²) in [5.41, 5.74) is 0.474. The van der Waals surface area contributed by atoms with Gasteiger partial charge in [0.15, 0.2) is 5.78 Å². The Kier molecular flexibility index (Phi) is 3.93. The summed E-state index contributed by atoms with van der Waals surface area (Å²) in [6.45, 7) is 5.74. The van der Waals surface area contributed by atoms with Crippen molar-refractivity contribution < 1.29 is 9.53 Å². The molecule has 1 aromatic heterocycles. The van der Waals surface area contributed by atoms with E-state index in [4.69, 9.17) is 4.74 Å². The molecule has 4 nitrogen and oxygen atoms in total. The summed E-state index contributed by atoms with van der Waals surface area (Å²) in [5.74, 6) is 0.104. The van der Waals surface area contributed by atoms with Gasteiger partial charge in [-0.3, -0.25) is 4.79 Å². The minimum atomic E-state index is -0.248. The lowest BCUT2D eigenvalue weighted by molar-refractivity contribution is 0.0142. The van der Waals surface area contributed by atoms with E-state index in [2.05, 4.69) is 9.59 Å². The maximum atomic E-state index is 11.8. The fourth-order valence-electron chi connectivity index (χ4n) is 1.12. The van der Waals surface area contributed by atoms with Gasteiger partial charge in [0, 0.05) is 13.5 Å². The van der Waals surface area contributed by atoms with Gasteiger partial charge in [0.25, 0.3) is 0 Å². The van der Waals surface area contributed by atoms with Crippen molar-refractivity contribution in [1.82, 2.24) is 9.59 Å². The lowest BCUT2D eigenvalue weighted by Crippen LogP contribution is -2.23. The highest BCUT2D eigenvalue weighted by Gasteiger charge is 2.20. The number of carbonyl (C=O) groups is 1. The number of aromatic nitrogens is 2. The van der Waals surface area contributed by atoms with Crippen LogP contribution >= 0.6 is 11.5 Å². The van der Waals surface area contributed by atoms with E-state index >= 15 is 0 Å². The second-order valence-corrected chi connectivity index (χ2v) is 4.83. The third-order valence-electron chi connectivity index (χ3n) is 2.41. The van der Waals surface area contributed by atoms with Gasteiger partial charge in [0.05, 0.1) is 11.3 Å². The second-order valence-electron chi connectivity index (χ2n) is 4.07. The molecule has 0 aliphatic rings. The van der Waals surface area contributed by atoms with E-state index in [9.17, 15) is 4.79 Å². The van der Waals surface area contributed by atoms with Crippen LogP contribution in [0.1, 0.15) is 42.1 Å². The maximum Gasteiger partial charge on any atom is 0.176 e. The number of ether oxygens (including phenoxy) is 1. The molecular weight excluding hydrogens is 212 g/mol. The van der Waals surface area contributed by atoms with Crippen molar-refractivity contribution in [2.24, 2.45) is 0 Å². The lowest BCUT2D eigenvalue weighted by atomic mass is 10.00. The highest BCUT2D eigenvalue weighted by molar-refractivity contribution is 7.08. The third-order valence-corrected chi connectivity index (χ3v) is 3.28. The third kappa shape index (κ3) is 3.35. The molecule has 1 aromatic rings. The van der Waals surface area contributed by atoms with Crippen molar-refractivity contribution in [3.05, 3.63) is 10.6 Å². The molecule has 0 fully saturated rings. The minimum Gasteiger partial charge on any atom is -0.379 e. The van der Waals surface area contributed by atoms with Gasteiger partial charge in [-0.05, 0) is 38.7 Å². The Morgan fingerprint density at radius 1 is 1.53 bits per heavy atom. The average Bonchev–Trinajstić information content (AvgIpc) is 2.61. The molecule has 0 atom stereocenters. The Morgan fingerprint density at radius 2 is 2.20 bits per heavy atom. The Labute approximate surface area is 93.8 Å². The standard InChI is InChI=1S/C10H16N2O2S/c1-7-9(15-12-11-7)8(13)5-6-10(2,3)14-4/h5-6H2,1-4H3. The van der Waals surface area contributed by atoms with Crippen LogP contribution < -0.4 is 0 Å². The van der Waals surface area contributed by atoms with E-state index in [0.717, 1.165) is 17.2 Å². The summed E-state index contributed by atoms with van der Waals surface area (Å²) < 4.78 is 9.00. The number of carbonyl (C=O) groups excluding carboxylic acids is 1. The SMILES string of the molecule is COC(C)(C)CCC(=O)c1snnc1C. The molecule has 0 aliphatic heterocycles. The molecule has 0 saturated carbocycles. The number of Topliss-reactive ketones (excluding diaryl/α,β-unsaturated/α-hetero) is 1. The first-order valence-electron chi connectivity index (χ1n) is 4.83. The van der Waals surface area contributed by atoms with Crippen LogP contribution in [0.3, 0.4) is 0 Å². The highest BCUT2D eigenvalue weighted by Crippen LogP contribution is 2.19. The van der Waals surface area contributed by atoms with E-state index in [1.54, 1.807) is 14.0 Å². The summed E-state index contributed by atoms with van der Waals surface area (Å²) in [7, 11) is 1.66. The monoisotopic (exact) mass is 228 g/mol. The number of nitrogens with zero attached hydrogens (tertiary/aromatic N) is 2. The fraction of sp³-hybridized carbons (Fsp3) is 0.700. The molecular formula is C10H16N2O2S. The van der Waals surface area contributed by atoms with Crippen molar-refractivity contribution in [3.63, 3.8) is 0 Å². The van der Waals surface area contributed by atoms with Crippen molar-refractivity contribution in [2.75, 3.05) is 7.11 Å². The first kappa shape index (κ1) is 12.3. The zero-order valence-electron chi connectivity index (χ0n) is 9.53. The van der Waals surface area contributed by atoms with Gasteiger partial charge in [0.2, 0.25) is 0 Å². The Hall–Kier alpha value is -0.810. The van der Waals surface area contributed by atoms with Crippen LogP contribution in [-0.2, 0) is 4.74 Å². The van der Waals surface area contributed by atoms with Crippen molar-refractivity contribution in [3.8, 4) is 0 Å². The zero-order valence-corrected chi connectivity index (χ0v) is 10.3. The van der Waals surface area contributed by atoms with Crippen molar-refractivity contribution >= 4 is 17.3 Å². The van der Waals surface area contributed by atoms with Gasteiger partial charge in [-0.1, -0.05) is 4.49 Å². The predicted molar refractivity (Wildman–Crippen MR) is 59.3 cm³/mol. The number of aryl methyl sites for hydroxylation is 1.